The van der Waals surface area contributed by atoms with E-state index in [-0.39, 0.29) is 21.6 Å². The quantitative estimate of drug-likeness (QED) is 0.837. The number of rotatable bonds is 4. The monoisotopic (exact) mass is 260 g/mol. The standard InChI is InChI=1S/C12H14F2O2S/c1-6(2)7(3)17-11-9(13)4-8(12(15)16)5-10(11)14/h4-7H,1-3H3,(H,15,16). The molecule has 0 fully saturated rings. The van der Waals surface area contributed by atoms with E-state index in [1.165, 1.54) is 0 Å². The van der Waals surface area contributed by atoms with E-state index in [4.69, 9.17) is 5.11 Å². The molecule has 0 aliphatic rings. The molecule has 0 bridgehead atoms. The van der Waals surface area contributed by atoms with Crippen molar-refractivity contribution in [2.24, 2.45) is 5.92 Å². The van der Waals surface area contributed by atoms with Gasteiger partial charge in [-0.05, 0) is 18.1 Å². The zero-order valence-electron chi connectivity index (χ0n) is 9.83. The van der Waals surface area contributed by atoms with E-state index in [2.05, 4.69) is 0 Å². The first-order valence-corrected chi connectivity index (χ1v) is 6.10. The minimum absolute atomic E-state index is 0.0506. The molecule has 0 aliphatic heterocycles. The lowest BCUT2D eigenvalue weighted by molar-refractivity contribution is 0.0695. The van der Waals surface area contributed by atoms with Crippen LogP contribution in [-0.4, -0.2) is 16.3 Å². The Hall–Kier alpha value is -1.10. The van der Waals surface area contributed by atoms with Gasteiger partial charge in [0, 0.05) is 5.25 Å². The van der Waals surface area contributed by atoms with Crippen LogP contribution in [0, 0.1) is 17.6 Å². The summed E-state index contributed by atoms with van der Waals surface area (Å²) in [6, 6.07) is 1.70. The van der Waals surface area contributed by atoms with Crippen LogP contribution in [0.2, 0.25) is 0 Å². The summed E-state index contributed by atoms with van der Waals surface area (Å²) in [5, 5.41) is 8.71. The normalized spacial score (nSPS) is 12.8. The van der Waals surface area contributed by atoms with Crippen molar-refractivity contribution in [3.63, 3.8) is 0 Å². The number of carbonyl (C=O) groups is 1. The minimum Gasteiger partial charge on any atom is -0.478 e. The zero-order chi connectivity index (χ0) is 13.2. The van der Waals surface area contributed by atoms with Crippen molar-refractivity contribution in [1.29, 1.82) is 0 Å². The largest absolute Gasteiger partial charge is 0.478 e. The van der Waals surface area contributed by atoms with Gasteiger partial charge in [-0.2, -0.15) is 0 Å². The Bertz CT molecular complexity index is 410. The summed E-state index contributed by atoms with van der Waals surface area (Å²) >= 11 is 1.08. The Labute approximate surface area is 103 Å². The second kappa shape index (κ2) is 5.49. The Morgan fingerprint density at radius 1 is 1.24 bits per heavy atom. The molecule has 1 aromatic rings. The van der Waals surface area contributed by atoms with Crippen LogP contribution < -0.4 is 0 Å². The Balaban J connectivity index is 3.06. The van der Waals surface area contributed by atoms with Gasteiger partial charge in [0.1, 0.15) is 11.6 Å². The van der Waals surface area contributed by atoms with Gasteiger partial charge in [-0.1, -0.05) is 20.8 Å². The van der Waals surface area contributed by atoms with E-state index in [1.807, 2.05) is 20.8 Å². The molecule has 0 spiro atoms. The predicted molar refractivity (Wildman–Crippen MR) is 63.5 cm³/mol. The number of aromatic carboxylic acids is 1. The molecule has 0 aliphatic carbocycles. The van der Waals surface area contributed by atoms with Crippen molar-refractivity contribution in [2.75, 3.05) is 0 Å². The number of carboxylic acid groups (broad SMARTS) is 1. The fourth-order valence-electron chi connectivity index (χ4n) is 1.12. The van der Waals surface area contributed by atoms with Crippen molar-refractivity contribution in [3.8, 4) is 0 Å². The van der Waals surface area contributed by atoms with Crippen LogP contribution in [0.4, 0.5) is 8.78 Å². The van der Waals surface area contributed by atoms with E-state index >= 15 is 0 Å². The highest BCUT2D eigenvalue weighted by atomic mass is 32.2. The molecule has 1 unspecified atom stereocenters. The molecular weight excluding hydrogens is 246 g/mol. The molecule has 0 saturated carbocycles. The third kappa shape index (κ3) is 3.43. The fourth-order valence-corrected chi connectivity index (χ4v) is 2.10. The SMILES string of the molecule is CC(C)C(C)Sc1c(F)cc(C(=O)O)cc1F. The number of benzene rings is 1. The molecule has 0 amide bonds. The number of halogens is 2. The number of hydrogen-bond acceptors (Lipinski definition) is 2. The highest BCUT2D eigenvalue weighted by molar-refractivity contribution is 8.00. The molecule has 1 atom stereocenters. The number of thioether (sulfide) groups is 1. The zero-order valence-corrected chi connectivity index (χ0v) is 10.6. The van der Waals surface area contributed by atoms with E-state index < -0.39 is 17.6 Å². The van der Waals surface area contributed by atoms with Crippen LogP contribution in [0.25, 0.3) is 0 Å². The molecule has 94 valence electrons. The van der Waals surface area contributed by atoms with Crippen LogP contribution in [0.5, 0.6) is 0 Å². The Kier molecular flexibility index (Phi) is 4.51. The van der Waals surface area contributed by atoms with Crippen molar-refractivity contribution >= 4 is 17.7 Å². The first-order valence-electron chi connectivity index (χ1n) is 5.22. The van der Waals surface area contributed by atoms with Crippen molar-refractivity contribution < 1.29 is 18.7 Å². The highest BCUT2D eigenvalue weighted by Gasteiger charge is 2.18. The molecule has 17 heavy (non-hydrogen) atoms. The van der Waals surface area contributed by atoms with Crippen LogP contribution in [0.3, 0.4) is 0 Å². The third-order valence-electron chi connectivity index (χ3n) is 2.49. The molecule has 0 saturated heterocycles. The third-order valence-corrected chi connectivity index (χ3v) is 4.03. The molecule has 0 radical (unpaired) electrons. The second-order valence-corrected chi connectivity index (χ2v) is 5.53. The van der Waals surface area contributed by atoms with Crippen LogP contribution >= 0.6 is 11.8 Å². The maximum absolute atomic E-state index is 13.6. The highest BCUT2D eigenvalue weighted by Crippen LogP contribution is 2.32. The lowest BCUT2D eigenvalue weighted by Gasteiger charge is -2.16. The lowest BCUT2D eigenvalue weighted by atomic mass is 10.2. The average molecular weight is 260 g/mol. The van der Waals surface area contributed by atoms with Crippen LogP contribution in [0.15, 0.2) is 17.0 Å². The molecule has 5 heteroatoms. The molecule has 1 aromatic carbocycles. The Morgan fingerprint density at radius 2 is 1.71 bits per heavy atom. The van der Waals surface area contributed by atoms with Gasteiger partial charge in [0.2, 0.25) is 0 Å². The fraction of sp³-hybridized carbons (Fsp3) is 0.417. The van der Waals surface area contributed by atoms with Gasteiger partial charge in [0.05, 0.1) is 10.5 Å². The summed E-state index contributed by atoms with van der Waals surface area (Å²) in [6.07, 6.45) is 0. The second-order valence-electron chi connectivity index (χ2n) is 4.14. The van der Waals surface area contributed by atoms with E-state index in [0.29, 0.717) is 0 Å². The van der Waals surface area contributed by atoms with Crippen LogP contribution in [0.1, 0.15) is 31.1 Å². The molecule has 2 nitrogen and oxygen atoms in total. The van der Waals surface area contributed by atoms with Crippen molar-refractivity contribution in [3.05, 3.63) is 29.3 Å². The number of carboxylic acids is 1. The molecule has 0 heterocycles. The first-order chi connectivity index (χ1) is 7.82. The van der Waals surface area contributed by atoms with Gasteiger partial charge in [0.15, 0.2) is 0 Å². The summed E-state index contributed by atoms with van der Waals surface area (Å²) in [7, 11) is 0. The van der Waals surface area contributed by atoms with Gasteiger partial charge in [-0.25, -0.2) is 13.6 Å². The summed E-state index contributed by atoms with van der Waals surface area (Å²) < 4.78 is 27.1. The maximum atomic E-state index is 13.6. The van der Waals surface area contributed by atoms with Gasteiger partial charge in [-0.3, -0.25) is 0 Å². The smallest absolute Gasteiger partial charge is 0.335 e. The number of hydrogen-bond donors (Lipinski definition) is 1. The minimum atomic E-state index is -1.34. The van der Waals surface area contributed by atoms with Gasteiger partial charge in [0.25, 0.3) is 0 Å². The summed E-state index contributed by atoms with van der Waals surface area (Å²) in [6.45, 7) is 5.79. The van der Waals surface area contributed by atoms with E-state index in [0.717, 1.165) is 23.9 Å². The van der Waals surface area contributed by atoms with Gasteiger partial charge >= 0.3 is 5.97 Å². The molecule has 1 N–H and O–H groups in total. The molecule has 0 aromatic heterocycles. The average Bonchev–Trinajstić information content (AvgIpc) is 2.22. The lowest BCUT2D eigenvalue weighted by Crippen LogP contribution is -2.07. The summed E-state index contributed by atoms with van der Waals surface area (Å²) in [5.74, 6) is -2.70. The summed E-state index contributed by atoms with van der Waals surface area (Å²) in [5.41, 5.74) is -0.374. The maximum Gasteiger partial charge on any atom is 0.335 e. The van der Waals surface area contributed by atoms with Gasteiger partial charge < -0.3 is 5.11 Å². The van der Waals surface area contributed by atoms with E-state index in [9.17, 15) is 13.6 Å². The molecule has 1 rings (SSSR count). The van der Waals surface area contributed by atoms with Gasteiger partial charge in [-0.15, -0.1) is 11.8 Å². The van der Waals surface area contributed by atoms with Crippen molar-refractivity contribution in [2.45, 2.75) is 30.9 Å². The summed E-state index contributed by atoms with van der Waals surface area (Å²) in [4.78, 5) is 10.5. The molecular formula is C12H14F2O2S. The first kappa shape index (κ1) is 14.0. The van der Waals surface area contributed by atoms with Crippen LogP contribution in [-0.2, 0) is 0 Å². The topological polar surface area (TPSA) is 37.3 Å². The predicted octanol–water partition coefficient (Wildman–Crippen LogP) is 3.80. The Morgan fingerprint density at radius 3 is 2.06 bits per heavy atom. The van der Waals surface area contributed by atoms with E-state index in [1.54, 1.807) is 0 Å². The van der Waals surface area contributed by atoms with Crippen molar-refractivity contribution in [1.82, 2.24) is 0 Å².